The summed E-state index contributed by atoms with van der Waals surface area (Å²) in [7, 11) is 0. The molecule has 1 aromatic heterocycles. The van der Waals surface area contributed by atoms with Crippen LogP contribution < -0.4 is 10.1 Å². The fraction of sp³-hybridized carbons (Fsp3) is 0.750. The number of hydrogen-bond donors (Lipinski definition) is 1. The van der Waals surface area contributed by atoms with Gasteiger partial charge in [-0.1, -0.05) is 0 Å². The van der Waals surface area contributed by atoms with Crippen molar-refractivity contribution in [3.05, 3.63) is 5.69 Å². The summed E-state index contributed by atoms with van der Waals surface area (Å²) in [5, 5.41) is 12.5. The topological polar surface area (TPSA) is 70.8 Å². The molecule has 1 N–H and O–H groups in total. The van der Waals surface area contributed by atoms with Crippen LogP contribution in [0.15, 0.2) is 0 Å². The van der Waals surface area contributed by atoms with Crippen LogP contribution in [0.4, 0.5) is 0 Å². The van der Waals surface area contributed by atoms with E-state index in [1.165, 1.54) is 0 Å². The summed E-state index contributed by atoms with van der Waals surface area (Å²) in [4.78, 5) is 0. The molecule has 0 amide bonds. The van der Waals surface area contributed by atoms with Gasteiger partial charge in [0.15, 0.2) is 0 Å². The quantitative estimate of drug-likeness (QED) is 0.887. The zero-order valence-corrected chi connectivity index (χ0v) is 12.0. The molecule has 1 saturated heterocycles. The molecule has 18 heavy (non-hydrogen) atoms. The smallest absolute Gasteiger partial charge is 0.264 e. The van der Waals surface area contributed by atoms with Crippen LogP contribution in [0.3, 0.4) is 0 Å². The van der Waals surface area contributed by atoms with Gasteiger partial charge in [0.1, 0.15) is 12.2 Å². The van der Waals surface area contributed by atoms with Crippen molar-refractivity contribution in [2.75, 3.05) is 0 Å². The Kier molecular flexibility index (Phi) is 3.30. The molecule has 0 saturated carbocycles. The van der Waals surface area contributed by atoms with Gasteiger partial charge in [-0.05, 0) is 27.7 Å². The molecule has 6 heteroatoms. The Balaban J connectivity index is 2.12. The third-order valence-electron chi connectivity index (χ3n) is 3.00. The zero-order chi connectivity index (χ0) is 13.4. The van der Waals surface area contributed by atoms with E-state index in [9.17, 15) is 0 Å². The number of nitrogens with one attached hydrogen (secondary N) is 1. The van der Waals surface area contributed by atoms with E-state index in [2.05, 4.69) is 41.8 Å². The molecule has 1 aliphatic heterocycles. The van der Waals surface area contributed by atoms with Gasteiger partial charge in [-0.15, -0.1) is 4.37 Å². The van der Waals surface area contributed by atoms with Gasteiger partial charge in [0, 0.05) is 23.9 Å². The first kappa shape index (κ1) is 13.2. The van der Waals surface area contributed by atoms with Gasteiger partial charge in [-0.25, -0.2) is 0 Å². The zero-order valence-electron chi connectivity index (χ0n) is 11.1. The molecule has 0 spiro atoms. The van der Waals surface area contributed by atoms with E-state index in [1.807, 2.05) is 6.07 Å². The first-order chi connectivity index (χ1) is 8.31. The highest BCUT2D eigenvalue weighted by Crippen LogP contribution is 2.31. The minimum atomic E-state index is 0.0165. The molecule has 1 fully saturated rings. The van der Waals surface area contributed by atoms with Gasteiger partial charge in [-0.3, -0.25) is 0 Å². The number of nitriles is 1. The Hall–Kier alpha value is -1.19. The highest BCUT2D eigenvalue weighted by Gasteiger charge is 2.39. The summed E-state index contributed by atoms with van der Waals surface area (Å²) in [5.41, 5.74) is 0.319. The largest absolute Gasteiger partial charge is 0.472 e. The second-order valence-electron chi connectivity index (χ2n) is 6.07. The van der Waals surface area contributed by atoms with E-state index in [0.717, 1.165) is 24.6 Å². The van der Waals surface area contributed by atoms with Crippen molar-refractivity contribution in [2.45, 2.75) is 57.7 Å². The van der Waals surface area contributed by atoms with Gasteiger partial charge in [0.2, 0.25) is 5.69 Å². The summed E-state index contributed by atoms with van der Waals surface area (Å²) in [5.74, 6) is 0.376. The fourth-order valence-electron chi connectivity index (χ4n) is 2.80. The second kappa shape index (κ2) is 4.48. The summed E-state index contributed by atoms with van der Waals surface area (Å²) in [6, 6.07) is 2.00. The Labute approximate surface area is 111 Å². The molecule has 2 heterocycles. The third-order valence-corrected chi connectivity index (χ3v) is 3.51. The Morgan fingerprint density at radius 3 is 2.44 bits per heavy atom. The second-order valence-corrected chi connectivity index (χ2v) is 6.60. The summed E-state index contributed by atoms with van der Waals surface area (Å²) in [6.45, 7) is 8.65. The lowest BCUT2D eigenvalue weighted by Crippen LogP contribution is -2.60. The van der Waals surface area contributed by atoms with Crippen molar-refractivity contribution in [1.82, 2.24) is 14.1 Å². The molecule has 0 atom stereocenters. The Bertz CT molecular complexity index is 459. The molecule has 5 nitrogen and oxygen atoms in total. The molecular weight excluding hydrogens is 248 g/mol. The minimum Gasteiger partial charge on any atom is -0.472 e. The average Bonchev–Trinajstić information content (AvgIpc) is 2.59. The van der Waals surface area contributed by atoms with Crippen LogP contribution in [-0.4, -0.2) is 25.9 Å². The molecule has 1 aliphatic rings. The van der Waals surface area contributed by atoms with Gasteiger partial charge in [-0.2, -0.15) is 9.64 Å². The predicted octanol–water partition coefficient (Wildman–Crippen LogP) is 2.10. The van der Waals surface area contributed by atoms with Crippen molar-refractivity contribution in [3.8, 4) is 11.9 Å². The van der Waals surface area contributed by atoms with Gasteiger partial charge < -0.3 is 10.1 Å². The van der Waals surface area contributed by atoms with Gasteiger partial charge >= 0.3 is 0 Å². The summed E-state index contributed by atoms with van der Waals surface area (Å²) < 4.78 is 13.8. The number of piperidine rings is 1. The Morgan fingerprint density at radius 2 is 1.89 bits per heavy atom. The number of rotatable bonds is 2. The van der Waals surface area contributed by atoms with Gasteiger partial charge in [0.05, 0.1) is 11.7 Å². The van der Waals surface area contributed by atoms with Crippen LogP contribution >= 0.6 is 11.7 Å². The lowest BCUT2D eigenvalue weighted by Gasteiger charge is -2.45. The number of nitrogens with zero attached hydrogens (tertiary/aromatic N) is 3. The van der Waals surface area contributed by atoms with E-state index in [1.54, 1.807) is 0 Å². The van der Waals surface area contributed by atoms with Crippen LogP contribution in [0, 0.1) is 11.3 Å². The highest BCUT2D eigenvalue weighted by molar-refractivity contribution is 6.99. The normalized spacial score (nSPS) is 22.4. The number of hydrogen-bond acceptors (Lipinski definition) is 6. The summed E-state index contributed by atoms with van der Waals surface area (Å²) in [6.07, 6.45) is 1.84. The van der Waals surface area contributed by atoms with Crippen molar-refractivity contribution in [1.29, 1.82) is 5.26 Å². The molecule has 0 radical (unpaired) electrons. The number of ether oxygens (including phenoxy) is 1. The first-order valence-corrected chi connectivity index (χ1v) is 6.73. The molecule has 1 aromatic rings. The van der Waals surface area contributed by atoms with Crippen LogP contribution in [0.1, 0.15) is 46.2 Å². The SMILES string of the molecule is CC1(C)CC(Oc2nsnc2C#N)CC(C)(C)N1. The van der Waals surface area contributed by atoms with Crippen LogP contribution in [0.5, 0.6) is 5.88 Å². The molecule has 0 aliphatic carbocycles. The van der Waals surface area contributed by atoms with E-state index < -0.39 is 0 Å². The van der Waals surface area contributed by atoms with E-state index >= 15 is 0 Å². The first-order valence-electron chi connectivity index (χ1n) is 6.00. The van der Waals surface area contributed by atoms with E-state index in [0.29, 0.717) is 5.88 Å². The summed E-state index contributed by atoms with van der Waals surface area (Å²) >= 11 is 1.02. The molecule has 0 aromatic carbocycles. The third kappa shape index (κ3) is 2.98. The molecular formula is C12H18N4OS. The van der Waals surface area contributed by atoms with Crippen molar-refractivity contribution in [2.24, 2.45) is 0 Å². The van der Waals surface area contributed by atoms with Crippen molar-refractivity contribution < 1.29 is 4.74 Å². The molecule has 98 valence electrons. The monoisotopic (exact) mass is 266 g/mol. The van der Waals surface area contributed by atoms with Crippen LogP contribution in [-0.2, 0) is 0 Å². The van der Waals surface area contributed by atoms with Gasteiger partial charge in [0.25, 0.3) is 5.88 Å². The Morgan fingerprint density at radius 1 is 1.28 bits per heavy atom. The highest BCUT2D eigenvalue weighted by atomic mass is 32.1. The maximum absolute atomic E-state index is 8.90. The fourth-order valence-corrected chi connectivity index (χ4v) is 3.24. The van der Waals surface area contributed by atoms with Crippen molar-refractivity contribution >= 4 is 11.7 Å². The lowest BCUT2D eigenvalue weighted by atomic mass is 9.81. The number of aromatic nitrogens is 2. The van der Waals surface area contributed by atoms with Crippen LogP contribution in [0.2, 0.25) is 0 Å². The van der Waals surface area contributed by atoms with E-state index in [-0.39, 0.29) is 22.9 Å². The predicted molar refractivity (Wildman–Crippen MR) is 69.6 cm³/mol. The minimum absolute atomic E-state index is 0.0165. The lowest BCUT2D eigenvalue weighted by molar-refractivity contribution is 0.0533. The van der Waals surface area contributed by atoms with Crippen LogP contribution in [0.25, 0.3) is 0 Å². The molecule has 0 bridgehead atoms. The maximum Gasteiger partial charge on any atom is 0.264 e. The molecule has 2 rings (SSSR count). The maximum atomic E-state index is 8.90. The standard InChI is InChI=1S/C12H18N4OS/c1-11(2)5-8(6-12(3,4)16-11)17-10-9(7-13)14-18-15-10/h8,16H,5-6H2,1-4H3. The average molecular weight is 266 g/mol. The van der Waals surface area contributed by atoms with Crippen molar-refractivity contribution in [3.63, 3.8) is 0 Å². The van der Waals surface area contributed by atoms with E-state index in [4.69, 9.17) is 10.00 Å². The molecule has 0 unspecified atom stereocenters.